The van der Waals surface area contributed by atoms with Crippen molar-refractivity contribution in [3.8, 4) is 0 Å². The number of fused-ring (bicyclic) bond motifs is 1. The van der Waals surface area contributed by atoms with Crippen LogP contribution in [0.1, 0.15) is 80.0 Å². The van der Waals surface area contributed by atoms with Crippen LogP contribution in [-0.4, -0.2) is 40.2 Å². The van der Waals surface area contributed by atoms with Gasteiger partial charge in [0, 0.05) is 47.5 Å². The molecule has 3 aromatic rings. The first kappa shape index (κ1) is 26.7. The summed E-state index contributed by atoms with van der Waals surface area (Å²) in [5.74, 6) is -0.850. The van der Waals surface area contributed by atoms with E-state index in [0.717, 1.165) is 44.1 Å². The largest absolute Gasteiger partial charge is 0.351 e. The summed E-state index contributed by atoms with van der Waals surface area (Å²) >= 11 is 6.27. The molecule has 1 aliphatic carbocycles. The SMILES string of the molecule is CCCNC(=O)c1[nH]c2cc(Cl)ccc2c1C(C(=O)NC1CCCCC1)N(Cc1ccccc1)C(C)=O. The number of benzene rings is 2. The molecule has 0 radical (unpaired) electrons. The minimum atomic E-state index is -1.00. The summed E-state index contributed by atoms with van der Waals surface area (Å²) < 4.78 is 0. The van der Waals surface area contributed by atoms with Crippen molar-refractivity contribution < 1.29 is 14.4 Å². The highest BCUT2D eigenvalue weighted by molar-refractivity contribution is 6.31. The lowest BCUT2D eigenvalue weighted by Crippen LogP contribution is -2.46. The Balaban J connectivity index is 1.85. The Morgan fingerprint density at radius 1 is 1.08 bits per heavy atom. The molecule has 1 aromatic heterocycles. The van der Waals surface area contributed by atoms with Gasteiger partial charge in [-0.05, 0) is 37.0 Å². The van der Waals surface area contributed by atoms with Gasteiger partial charge in [0.25, 0.3) is 5.91 Å². The maximum absolute atomic E-state index is 14.1. The Labute approximate surface area is 222 Å². The van der Waals surface area contributed by atoms with Gasteiger partial charge in [0.15, 0.2) is 0 Å². The fraction of sp³-hybridized carbons (Fsp3) is 0.414. The van der Waals surface area contributed by atoms with Crippen LogP contribution >= 0.6 is 11.6 Å². The minimum Gasteiger partial charge on any atom is -0.351 e. The second-order valence-electron chi connectivity index (χ2n) is 9.74. The van der Waals surface area contributed by atoms with Crippen LogP contribution in [0.2, 0.25) is 5.02 Å². The maximum Gasteiger partial charge on any atom is 0.268 e. The van der Waals surface area contributed by atoms with Gasteiger partial charge in [0.1, 0.15) is 11.7 Å². The lowest BCUT2D eigenvalue weighted by molar-refractivity contribution is -0.140. The number of carbonyl (C=O) groups excluding carboxylic acids is 3. The molecular weight excluding hydrogens is 488 g/mol. The van der Waals surface area contributed by atoms with E-state index in [1.165, 1.54) is 6.92 Å². The Morgan fingerprint density at radius 2 is 1.81 bits per heavy atom. The Morgan fingerprint density at radius 3 is 2.49 bits per heavy atom. The molecule has 0 spiro atoms. The van der Waals surface area contributed by atoms with E-state index < -0.39 is 6.04 Å². The van der Waals surface area contributed by atoms with Crippen molar-refractivity contribution in [1.29, 1.82) is 0 Å². The zero-order valence-corrected chi connectivity index (χ0v) is 22.2. The topological polar surface area (TPSA) is 94.3 Å². The number of aromatic nitrogens is 1. The molecule has 4 rings (SSSR count). The lowest BCUT2D eigenvalue weighted by atomic mass is 9.94. The van der Waals surface area contributed by atoms with Gasteiger partial charge in [0.2, 0.25) is 11.8 Å². The fourth-order valence-electron chi connectivity index (χ4n) is 5.10. The first-order valence-corrected chi connectivity index (χ1v) is 13.5. The number of halogens is 1. The molecule has 0 bridgehead atoms. The highest BCUT2D eigenvalue weighted by atomic mass is 35.5. The van der Waals surface area contributed by atoms with E-state index in [-0.39, 0.29) is 36.0 Å². The Bertz CT molecular complexity index is 1250. The predicted molar refractivity (Wildman–Crippen MR) is 146 cm³/mol. The van der Waals surface area contributed by atoms with Gasteiger partial charge in [-0.25, -0.2) is 0 Å². The number of rotatable bonds is 9. The summed E-state index contributed by atoms with van der Waals surface area (Å²) in [7, 11) is 0. The highest BCUT2D eigenvalue weighted by Crippen LogP contribution is 2.35. The van der Waals surface area contributed by atoms with E-state index in [1.54, 1.807) is 17.0 Å². The van der Waals surface area contributed by atoms with Crippen molar-refractivity contribution in [2.75, 3.05) is 6.54 Å². The van der Waals surface area contributed by atoms with Crippen LogP contribution in [0.25, 0.3) is 10.9 Å². The molecule has 7 nitrogen and oxygen atoms in total. The third-order valence-corrected chi connectivity index (χ3v) is 7.18. The van der Waals surface area contributed by atoms with Crippen molar-refractivity contribution in [3.63, 3.8) is 0 Å². The first-order chi connectivity index (χ1) is 17.9. The average molecular weight is 523 g/mol. The van der Waals surface area contributed by atoms with Crippen LogP contribution in [0.4, 0.5) is 0 Å². The number of hydrogen-bond acceptors (Lipinski definition) is 3. The average Bonchev–Trinajstić information content (AvgIpc) is 3.26. The Hall–Kier alpha value is -3.32. The number of carbonyl (C=O) groups is 3. The van der Waals surface area contributed by atoms with Crippen LogP contribution < -0.4 is 10.6 Å². The quantitative estimate of drug-likeness (QED) is 0.346. The van der Waals surface area contributed by atoms with Crippen molar-refractivity contribution in [3.05, 3.63) is 70.4 Å². The predicted octanol–water partition coefficient (Wildman–Crippen LogP) is 5.50. The molecule has 0 saturated heterocycles. The second kappa shape index (κ2) is 12.3. The molecule has 1 fully saturated rings. The van der Waals surface area contributed by atoms with E-state index in [2.05, 4.69) is 15.6 Å². The molecule has 2 aromatic carbocycles. The van der Waals surface area contributed by atoms with Gasteiger partial charge in [-0.1, -0.05) is 74.2 Å². The van der Waals surface area contributed by atoms with Gasteiger partial charge < -0.3 is 20.5 Å². The lowest BCUT2D eigenvalue weighted by Gasteiger charge is -2.33. The van der Waals surface area contributed by atoms with Crippen LogP contribution in [0, 0.1) is 0 Å². The van der Waals surface area contributed by atoms with E-state index in [0.29, 0.717) is 28.0 Å². The third kappa shape index (κ3) is 6.34. The molecule has 1 atom stereocenters. The molecule has 0 aliphatic heterocycles. The summed E-state index contributed by atoms with van der Waals surface area (Å²) in [4.78, 5) is 45.3. The molecule has 8 heteroatoms. The summed E-state index contributed by atoms with van der Waals surface area (Å²) in [6, 6.07) is 13.9. The zero-order valence-electron chi connectivity index (χ0n) is 21.5. The van der Waals surface area contributed by atoms with Crippen LogP contribution in [0.5, 0.6) is 0 Å². The van der Waals surface area contributed by atoms with Crippen molar-refractivity contribution in [2.45, 2.75) is 71.0 Å². The molecule has 1 heterocycles. The molecule has 1 aliphatic rings. The van der Waals surface area contributed by atoms with Crippen molar-refractivity contribution in [2.24, 2.45) is 0 Å². The van der Waals surface area contributed by atoms with Gasteiger partial charge in [-0.15, -0.1) is 0 Å². The molecule has 37 heavy (non-hydrogen) atoms. The normalized spacial score (nSPS) is 14.8. The van der Waals surface area contributed by atoms with Gasteiger partial charge >= 0.3 is 0 Å². The Kier molecular flexibility index (Phi) is 8.87. The van der Waals surface area contributed by atoms with Crippen LogP contribution in [0.3, 0.4) is 0 Å². The number of hydrogen-bond donors (Lipinski definition) is 3. The molecular formula is C29H35ClN4O3. The molecule has 1 unspecified atom stereocenters. The fourth-order valence-corrected chi connectivity index (χ4v) is 5.27. The minimum absolute atomic E-state index is 0.0475. The second-order valence-corrected chi connectivity index (χ2v) is 10.2. The molecule has 1 saturated carbocycles. The van der Waals surface area contributed by atoms with Gasteiger partial charge in [-0.3, -0.25) is 14.4 Å². The van der Waals surface area contributed by atoms with E-state index in [4.69, 9.17) is 11.6 Å². The van der Waals surface area contributed by atoms with Gasteiger partial charge in [-0.2, -0.15) is 0 Å². The van der Waals surface area contributed by atoms with E-state index in [1.807, 2.05) is 43.3 Å². The summed E-state index contributed by atoms with van der Waals surface area (Å²) in [6.45, 7) is 4.17. The first-order valence-electron chi connectivity index (χ1n) is 13.1. The summed E-state index contributed by atoms with van der Waals surface area (Å²) in [5, 5.41) is 7.33. The van der Waals surface area contributed by atoms with E-state index in [9.17, 15) is 14.4 Å². The van der Waals surface area contributed by atoms with Crippen LogP contribution in [-0.2, 0) is 16.1 Å². The summed E-state index contributed by atoms with van der Waals surface area (Å²) in [6.07, 6.45) is 5.87. The van der Waals surface area contributed by atoms with E-state index >= 15 is 0 Å². The van der Waals surface area contributed by atoms with Crippen LogP contribution in [0.15, 0.2) is 48.5 Å². The summed E-state index contributed by atoms with van der Waals surface area (Å²) in [5.41, 5.74) is 2.30. The number of nitrogens with one attached hydrogen (secondary N) is 3. The highest BCUT2D eigenvalue weighted by Gasteiger charge is 2.36. The smallest absolute Gasteiger partial charge is 0.268 e. The van der Waals surface area contributed by atoms with Crippen molar-refractivity contribution >= 4 is 40.2 Å². The maximum atomic E-state index is 14.1. The monoisotopic (exact) mass is 522 g/mol. The number of H-pyrrole nitrogens is 1. The number of nitrogens with zero attached hydrogens (tertiary/aromatic N) is 1. The number of aromatic amines is 1. The van der Waals surface area contributed by atoms with Gasteiger partial charge in [0.05, 0.1) is 0 Å². The molecule has 3 N–H and O–H groups in total. The third-order valence-electron chi connectivity index (χ3n) is 6.95. The van der Waals surface area contributed by atoms with Crippen molar-refractivity contribution in [1.82, 2.24) is 20.5 Å². The zero-order chi connectivity index (χ0) is 26.4. The molecule has 196 valence electrons. The molecule has 3 amide bonds. The standard InChI is InChI=1S/C29H35ClN4O3/c1-3-16-31-28(36)26-25(23-15-14-21(30)17-24(23)33-26)27(29(37)32-22-12-8-5-9-13-22)34(19(2)35)18-20-10-6-4-7-11-20/h4,6-7,10-11,14-15,17,22,27,33H,3,5,8-9,12-13,16,18H2,1-2H3,(H,31,36)(H,32,37). The number of amides is 3.